The highest BCUT2D eigenvalue weighted by atomic mass is 32.2. The summed E-state index contributed by atoms with van der Waals surface area (Å²) < 4.78 is 34.3. The number of benzene rings is 1. The van der Waals surface area contributed by atoms with Crippen molar-refractivity contribution in [2.45, 2.75) is 37.7 Å². The SMILES string of the molecule is CC(C)Cn1c(SC(C)C(=O)Nc2ccc(F)cc2F)nnc1N1CCOCC1. The molecular weight excluding hydrogens is 400 g/mol. The Hall–Kier alpha value is -2.20. The number of carbonyl (C=O) groups excluding carboxylic acids is 1. The first-order valence-electron chi connectivity index (χ1n) is 9.53. The Balaban J connectivity index is 1.73. The van der Waals surface area contributed by atoms with Crippen LogP contribution in [0.3, 0.4) is 0 Å². The number of anilines is 2. The van der Waals surface area contributed by atoms with Crippen LogP contribution in [0.15, 0.2) is 23.4 Å². The summed E-state index contributed by atoms with van der Waals surface area (Å²) in [5.41, 5.74) is -0.0542. The molecule has 1 unspecified atom stereocenters. The van der Waals surface area contributed by atoms with Crippen molar-refractivity contribution in [2.75, 3.05) is 36.5 Å². The van der Waals surface area contributed by atoms with Crippen molar-refractivity contribution in [3.8, 4) is 0 Å². The smallest absolute Gasteiger partial charge is 0.237 e. The molecule has 10 heteroatoms. The summed E-state index contributed by atoms with van der Waals surface area (Å²) in [6.07, 6.45) is 0. The Morgan fingerprint density at radius 1 is 1.24 bits per heavy atom. The van der Waals surface area contributed by atoms with Gasteiger partial charge >= 0.3 is 0 Å². The largest absolute Gasteiger partial charge is 0.378 e. The number of carbonyl (C=O) groups is 1. The maximum atomic E-state index is 13.8. The molecule has 0 saturated carbocycles. The molecule has 1 aromatic carbocycles. The van der Waals surface area contributed by atoms with Gasteiger partial charge in [0, 0.05) is 25.7 Å². The average Bonchev–Trinajstić information content (AvgIpc) is 3.06. The lowest BCUT2D eigenvalue weighted by Crippen LogP contribution is -2.38. The van der Waals surface area contributed by atoms with Crippen molar-refractivity contribution >= 4 is 29.3 Å². The first-order chi connectivity index (χ1) is 13.8. The molecule has 1 aromatic heterocycles. The van der Waals surface area contributed by atoms with E-state index in [2.05, 4.69) is 34.3 Å². The van der Waals surface area contributed by atoms with Crippen molar-refractivity contribution in [1.82, 2.24) is 14.8 Å². The van der Waals surface area contributed by atoms with Gasteiger partial charge < -0.3 is 15.0 Å². The Kier molecular flexibility index (Phi) is 7.07. The minimum absolute atomic E-state index is 0.0542. The van der Waals surface area contributed by atoms with Gasteiger partial charge in [0.25, 0.3) is 0 Å². The van der Waals surface area contributed by atoms with Crippen LogP contribution in [-0.4, -0.2) is 52.2 Å². The molecule has 1 atom stereocenters. The van der Waals surface area contributed by atoms with E-state index in [1.165, 1.54) is 17.8 Å². The molecule has 29 heavy (non-hydrogen) atoms. The second-order valence-corrected chi connectivity index (χ2v) is 8.57. The van der Waals surface area contributed by atoms with E-state index in [-0.39, 0.29) is 5.69 Å². The third-order valence-corrected chi connectivity index (χ3v) is 5.46. The number of rotatable bonds is 7. The van der Waals surface area contributed by atoms with Crippen LogP contribution in [0.4, 0.5) is 20.4 Å². The standard InChI is InChI=1S/C19H25F2N5O2S/c1-12(2)11-26-18(25-6-8-28-9-7-25)23-24-19(26)29-13(3)17(27)22-16-5-4-14(20)10-15(16)21/h4-5,10,12-13H,6-9,11H2,1-3H3,(H,22,27). The lowest BCUT2D eigenvalue weighted by Gasteiger charge is -2.28. The van der Waals surface area contributed by atoms with Crippen molar-refractivity contribution in [3.05, 3.63) is 29.8 Å². The van der Waals surface area contributed by atoms with E-state index in [9.17, 15) is 13.6 Å². The van der Waals surface area contributed by atoms with E-state index in [0.29, 0.717) is 30.8 Å². The van der Waals surface area contributed by atoms with Gasteiger partial charge in [0.15, 0.2) is 5.16 Å². The average molecular weight is 426 g/mol. The number of halogens is 2. The molecule has 1 aliphatic heterocycles. The predicted octanol–water partition coefficient (Wildman–Crippen LogP) is 3.17. The number of hydrogen-bond acceptors (Lipinski definition) is 6. The number of hydrogen-bond donors (Lipinski definition) is 1. The number of ether oxygens (including phenoxy) is 1. The molecule has 0 aliphatic carbocycles. The summed E-state index contributed by atoms with van der Waals surface area (Å²) in [6, 6.07) is 3.05. The van der Waals surface area contributed by atoms with Gasteiger partial charge in [-0.25, -0.2) is 8.78 Å². The topological polar surface area (TPSA) is 72.3 Å². The Morgan fingerprint density at radius 3 is 2.62 bits per heavy atom. The fourth-order valence-electron chi connectivity index (χ4n) is 2.93. The fraction of sp³-hybridized carbons (Fsp3) is 0.526. The molecule has 1 N–H and O–H groups in total. The maximum Gasteiger partial charge on any atom is 0.237 e. The van der Waals surface area contributed by atoms with Crippen LogP contribution in [0, 0.1) is 17.6 Å². The van der Waals surface area contributed by atoms with Crippen LogP contribution in [0.1, 0.15) is 20.8 Å². The van der Waals surface area contributed by atoms with E-state index in [4.69, 9.17) is 4.74 Å². The molecule has 1 amide bonds. The van der Waals surface area contributed by atoms with E-state index < -0.39 is 22.8 Å². The number of morpholine rings is 1. The third kappa shape index (κ3) is 5.45. The minimum Gasteiger partial charge on any atom is -0.378 e. The van der Waals surface area contributed by atoms with Crippen LogP contribution in [-0.2, 0) is 16.1 Å². The number of aromatic nitrogens is 3. The van der Waals surface area contributed by atoms with Crippen molar-refractivity contribution < 1.29 is 18.3 Å². The normalized spacial score (nSPS) is 15.6. The Morgan fingerprint density at radius 2 is 1.97 bits per heavy atom. The number of thioether (sulfide) groups is 1. The molecule has 0 radical (unpaired) electrons. The highest BCUT2D eigenvalue weighted by molar-refractivity contribution is 8.00. The highest BCUT2D eigenvalue weighted by Crippen LogP contribution is 2.28. The Bertz CT molecular complexity index is 855. The molecular formula is C19H25F2N5O2S. The molecule has 0 spiro atoms. The number of amides is 1. The zero-order chi connectivity index (χ0) is 21.0. The summed E-state index contributed by atoms with van der Waals surface area (Å²) in [6.45, 7) is 9.38. The molecule has 2 aromatic rings. The van der Waals surface area contributed by atoms with Crippen molar-refractivity contribution in [2.24, 2.45) is 5.92 Å². The summed E-state index contributed by atoms with van der Waals surface area (Å²) >= 11 is 1.26. The van der Waals surface area contributed by atoms with E-state index in [0.717, 1.165) is 31.2 Å². The molecule has 3 rings (SSSR count). The van der Waals surface area contributed by atoms with E-state index in [1.807, 2.05) is 4.57 Å². The molecule has 1 saturated heterocycles. The zero-order valence-electron chi connectivity index (χ0n) is 16.7. The predicted molar refractivity (Wildman–Crippen MR) is 108 cm³/mol. The van der Waals surface area contributed by atoms with Crippen LogP contribution >= 0.6 is 11.8 Å². The van der Waals surface area contributed by atoms with Crippen LogP contribution in [0.25, 0.3) is 0 Å². The lowest BCUT2D eigenvalue weighted by atomic mass is 10.2. The third-order valence-electron chi connectivity index (χ3n) is 4.38. The van der Waals surface area contributed by atoms with Gasteiger partial charge in [-0.05, 0) is 25.0 Å². The molecule has 7 nitrogen and oxygen atoms in total. The fourth-order valence-corrected chi connectivity index (χ4v) is 3.78. The maximum absolute atomic E-state index is 13.8. The molecule has 1 aliphatic rings. The van der Waals surface area contributed by atoms with Crippen LogP contribution < -0.4 is 10.2 Å². The number of nitrogens with zero attached hydrogens (tertiary/aromatic N) is 4. The number of nitrogens with one attached hydrogen (secondary N) is 1. The first kappa shape index (κ1) is 21.5. The monoisotopic (exact) mass is 425 g/mol. The second-order valence-electron chi connectivity index (χ2n) is 7.26. The summed E-state index contributed by atoms with van der Waals surface area (Å²) in [5.74, 6) is -0.773. The Labute approximate surface area is 172 Å². The first-order valence-corrected chi connectivity index (χ1v) is 10.4. The van der Waals surface area contributed by atoms with E-state index in [1.54, 1.807) is 6.92 Å². The molecule has 2 heterocycles. The van der Waals surface area contributed by atoms with Crippen molar-refractivity contribution in [3.63, 3.8) is 0 Å². The van der Waals surface area contributed by atoms with Gasteiger partial charge in [0.1, 0.15) is 11.6 Å². The summed E-state index contributed by atoms with van der Waals surface area (Å²) in [7, 11) is 0. The summed E-state index contributed by atoms with van der Waals surface area (Å²) in [5, 5.41) is 11.2. The van der Waals surface area contributed by atoms with Gasteiger partial charge in [-0.3, -0.25) is 9.36 Å². The zero-order valence-corrected chi connectivity index (χ0v) is 17.5. The summed E-state index contributed by atoms with van der Waals surface area (Å²) in [4.78, 5) is 14.6. The highest BCUT2D eigenvalue weighted by Gasteiger charge is 2.24. The van der Waals surface area contributed by atoms with Crippen LogP contribution in [0.5, 0.6) is 0 Å². The van der Waals surface area contributed by atoms with Gasteiger partial charge in [0.2, 0.25) is 11.9 Å². The van der Waals surface area contributed by atoms with Crippen molar-refractivity contribution in [1.29, 1.82) is 0 Å². The molecule has 1 fully saturated rings. The van der Waals surface area contributed by atoms with Gasteiger partial charge in [0.05, 0.1) is 24.2 Å². The quantitative estimate of drug-likeness (QED) is 0.687. The van der Waals surface area contributed by atoms with Gasteiger partial charge in [-0.2, -0.15) is 0 Å². The molecule has 0 bridgehead atoms. The van der Waals surface area contributed by atoms with Crippen LogP contribution in [0.2, 0.25) is 0 Å². The lowest BCUT2D eigenvalue weighted by molar-refractivity contribution is -0.115. The van der Waals surface area contributed by atoms with E-state index >= 15 is 0 Å². The second kappa shape index (κ2) is 9.53. The minimum atomic E-state index is -0.812. The van der Waals surface area contributed by atoms with Gasteiger partial charge in [-0.1, -0.05) is 25.6 Å². The van der Waals surface area contributed by atoms with Gasteiger partial charge in [-0.15, -0.1) is 10.2 Å². The molecule has 158 valence electrons.